The number of carbonyl (C=O) groups is 1. The Bertz CT molecular complexity index is 1070. The Morgan fingerprint density at radius 1 is 1.12 bits per heavy atom. The quantitative estimate of drug-likeness (QED) is 0.480. The van der Waals surface area contributed by atoms with E-state index in [1.165, 1.54) is 0 Å². The van der Waals surface area contributed by atoms with Crippen LogP contribution in [0.2, 0.25) is 5.02 Å². The van der Waals surface area contributed by atoms with E-state index < -0.39 is 0 Å². The molecule has 34 heavy (non-hydrogen) atoms. The number of likely N-dealkylation sites (tertiary alicyclic amines) is 1. The lowest BCUT2D eigenvalue weighted by Crippen LogP contribution is -2.43. The number of nitrogens with zero attached hydrogens (tertiary/aromatic N) is 2. The van der Waals surface area contributed by atoms with Crippen LogP contribution in [-0.2, 0) is 4.79 Å². The van der Waals surface area contributed by atoms with Gasteiger partial charge in [-0.25, -0.2) is 0 Å². The van der Waals surface area contributed by atoms with Crippen LogP contribution in [0.5, 0.6) is 11.5 Å². The number of para-hydroxylation sites is 1. The van der Waals surface area contributed by atoms with E-state index in [4.69, 9.17) is 21.1 Å². The SMILES string of the molecule is COc1cccc(C(NC(=O)C2CCN(CCOc3ccccc3Cl)CC2)c2ccccn2)c1. The van der Waals surface area contributed by atoms with Crippen LogP contribution in [0.15, 0.2) is 72.9 Å². The summed E-state index contributed by atoms with van der Waals surface area (Å²) in [5, 5.41) is 3.86. The van der Waals surface area contributed by atoms with Crippen molar-refractivity contribution in [2.45, 2.75) is 18.9 Å². The number of halogens is 1. The fourth-order valence-corrected chi connectivity index (χ4v) is 4.41. The molecule has 4 rings (SSSR count). The van der Waals surface area contributed by atoms with Gasteiger partial charge in [0, 0.05) is 18.7 Å². The first kappa shape index (κ1) is 24.0. The monoisotopic (exact) mass is 479 g/mol. The molecule has 3 aromatic rings. The summed E-state index contributed by atoms with van der Waals surface area (Å²) < 4.78 is 11.2. The third-order valence-corrected chi connectivity index (χ3v) is 6.47. The second-order valence-corrected chi connectivity index (χ2v) is 8.77. The Kier molecular flexibility index (Phi) is 8.39. The van der Waals surface area contributed by atoms with Gasteiger partial charge in [0.25, 0.3) is 0 Å². The van der Waals surface area contributed by atoms with Crippen molar-refractivity contribution in [1.29, 1.82) is 0 Å². The van der Waals surface area contributed by atoms with Gasteiger partial charge >= 0.3 is 0 Å². The molecule has 0 aliphatic carbocycles. The molecule has 2 heterocycles. The average molecular weight is 480 g/mol. The maximum absolute atomic E-state index is 13.2. The van der Waals surface area contributed by atoms with E-state index >= 15 is 0 Å². The predicted octanol–water partition coefficient (Wildman–Crippen LogP) is 4.74. The molecule has 1 N–H and O–H groups in total. The molecule has 0 spiro atoms. The Labute approximate surface area is 205 Å². The molecule has 178 valence electrons. The predicted molar refractivity (Wildman–Crippen MR) is 133 cm³/mol. The zero-order valence-electron chi connectivity index (χ0n) is 19.3. The van der Waals surface area contributed by atoms with Gasteiger partial charge in [0.2, 0.25) is 5.91 Å². The van der Waals surface area contributed by atoms with Crippen molar-refractivity contribution in [2.75, 3.05) is 33.4 Å². The van der Waals surface area contributed by atoms with Gasteiger partial charge in [-0.1, -0.05) is 41.9 Å². The molecule has 1 aliphatic heterocycles. The van der Waals surface area contributed by atoms with E-state index in [1.54, 1.807) is 13.3 Å². The van der Waals surface area contributed by atoms with Crippen LogP contribution in [0.25, 0.3) is 0 Å². The van der Waals surface area contributed by atoms with Crippen LogP contribution >= 0.6 is 11.6 Å². The minimum absolute atomic E-state index is 0.0300. The van der Waals surface area contributed by atoms with Crippen LogP contribution < -0.4 is 14.8 Å². The highest BCUT2D eigenvalue weighted by atomic mass is 35.5. The average Bonchev–Trinajstić information content (AvgIpc) is 2.89. The zero-order valence-corrected chi connectivity index (χ0v) is 20.1. The Morgan fingerprint density at radius 2 is 1.91 bits per heavy atom. The van der Waals surface area contributed by atoms with E-state index in [2.05, 4.69) is 15.2 Å². The van der Waals surface area contributed by atoms with E-state index in [0.717, 1.165) is 49.5 Å². The number of hydrogen-bond acceptors (Lipinski definition) is 5. The van der Waals surface area contributed by atoms with Gasteiger partial charge in [-0.15, -0.1) is 0 Å². The number of nitrogens with one attached hydrogen (secondary N) is 1. The second kappa shape index (κ2) is 11.9. The molecule has 7 heteroatoms. The first-order valence-corrected chi connectivity index (χ1v) is 12.0. The normalized spacial score (nSPS) is 15.5. The third-order valence-electron chi connectivity index (χ3n) is 6.16. The topological polar surface area (TPSA) is 63.7 Å². The van der Waals surface area contributed by atoms with E-state index in [-0.39, 0.29) is 17.9 Å². The fraction of sp³-hybridized carbons (Fsp3) is 0.333. The number of ether oxygens (including phenoxy) is 2. The largest absolute Gasteiger partial charge is 0.497 e. The summed E-state index contributed by atoms with van der Waals surface area (Å²) in [5.41, 5.74) is 1.75. The van der Waals surface area contributed by atoms with Crippen molar-refractivity contribution in [3.05, 3.63) is 89.2 Å². The lowest BCUT2D eigenvalue weighted by atomic mass is 9.94. The Hall–Kier alpha value is -3.09. The number of pyridine rings is 1. The number of benzene rings is 2. The van der Waals surface area contributed by atoms with Gasteiger partial charge in [0.1, 0.15) is 18.1 Å². The minimum Gasteiger partial charge on any atom is -0.497 e. The summed E-state index contributed by atoms with van der Waals surface area (Å²) in [6, 6.07) is 20.7. The molecular weight excluding hydrogens is 450 g/mol. The molecule has 1 aromatic heterocycles. The van der Waals surface area contributed by atoms with Crippen molar-refractivity contribution in [3.63, 3.8) is 0 Å². The summed E-state index contributed by atoms with van der Waals surface area (Å²) in [5.74, 6) is 1.49. The van der Waals surface area contributed by atoms with Gasteiger partial charge in [-0.3, -0.25) is 14.7 Å². The van der Waals surface area contributed by atoms with Gasteiger partial charge in [0.15, 0.2) is 0 Å². The maximum Gasteiger partial charge on any atom is 0.224 e. The Morgan fingerprint density at radius 3 is 2.65 bits per heavy atom. The van der Waals surface area contributed by atoms with Gasteiger partial charge < -0.3 is 14.8 Å². The molecular formula is C27H30ClN3O3. The Balaban J connectivity index is 1.32. The molecule has 0 bridgehead atoms. The number of amides is 1. The van der Waals surface area contributed by atoms with Crippen LogP contribution in [0, 0.1) is 5.92 Å². The molecule has 1 unspecified atom stereocenters. The first-order chi connectivity index (χ1) is 16.6. The summed E-state index contributed by atoms with van der Waals surface area (Å²) in [7, 11) is 1.64. The number of piperidine rings is 1. The number of rotatable bonds is 9. The van der Waals surface area contributed by atoms with Crippen LogP contribution in [0.1, 0.15) is 30.1 Å². The van der Waals surface area contributed by atoms with Crippen LogP contribution in [0.3, 0.4) is 0 Å². The molecule has 0 radical (unpaired) electrons. The lowest BCUT2D eigenvalue weighted by molar-refractivity contribution is -0.127. The smallest absolute Gasteiger partial charge is 0.224 e. The summed E-state index contributed by atoms with van der Waals surface area (Å²) >= 11 is 6.15. The van der Waals surface area contributed by atoms with Gasteiger partial charge in [-0.2, -0.15) is 0 Å². The van der Waals surface area contributed by atoms with E-state index in [1.807, 2.05) is 66.7 Å². The molecule has 6 nitrogen and oxygen atoms in total. The second-order valence-electron chi connectivity index (χ2n) is 8.37. The van der Waals surface area contributed by atoms with Crippen LogP contribution in [0.4, 0.5) is 0 Å². The summed E-state index contributed by atoms with van der Waals surface area (Å²) in [6.07, 6.45) is 3.37. The van der Waals surface area contributed by atoms with Gasteiger partial charge in [0.05, 0.1) is 23.9 Å². The van der Waals surface area contributed by atoms with Crippen molar-refractivity contribution in [1.82, 2.24) is 15.2 Å². The minimum atomic E-state index is -0.328. The molecule has 1 atom stereocenters. The number of aromatic nitrogens is 1. The van der Waals surface area contributed by atoms with Crippen molar-refractivity contribution < 1.29 is 14.3 Å². The number of methoxy groups -OCH3 is 1. The lowest BCUT2D eigenvalue weighted by Gasteiger charge is -2.32. The van der Waals surface area contributed by atoms with Crippen molar-refractivity contribution in [3.8, 4) is 11.5 Å². The van der Waals surface area contributed by atoms with Crippen LogP contribution in [-0.4, -0.2) is 49.1 Å². The number of hydrogen-bond donors (Lipinski definition) is 1. The summed E-state index contributed by atoms with van der Waals surface area (Å²) in [6.45, 7) is 3.09. The maximum atomic E-state index is 13.2. The molecule has 0 saturated carbocycles. The number of carbonyl (C=O) groups excluding carboxylic acids is 1. The molecule has 2 aromatic carbocycles. The van der Waals surface area contributed by atoms with E-state index in [9.17, 15) is 4.79 Å². The highest BCUT2D eigenvalue weighted by Gasteiger charge is 2.28. The van der Waals surface area contributed by atoms with E-state index in [0.29, 0.717) is 17.4 Å². The molecule has 1 fully saturated rings. The highest BCUT2D eigenvalue weighted by Crippen LogP contribution is 2.26. The van der Waals surface area contributed by atoms with Crippen molar-refractivity contribution >= 4 is 17.5 Å². The highest BCUT2D eigenvalue weighted by molar-refractivity contribution is 6.32. The van der Waals surface area contributed by atoms with Gasteiger partial charge in [-0.05, 0) is 67.9 Å². The molecule has 1 aliphatic rings. The molecule has 1 saturated heterocycles. The fourth-order valence-electron chi connectivity index (χ4n) is 4.22. The first-order valence-electron chi connectivity index (χ1n) is 11.6. The third kappa shape index (κ3) is 6.27. The zero-order chi connectivity index (χ0) is 23.8. The summed E-state index contributed by atoms with van der Waals surface area (Å²) in [4.78, 5) is 20.1. The van der Waals surface area contributed by atoms with Crippen molar-refractivity contribution in [2.24, 2.45) is 5.92 Å². The molecule has 1 amide bonds. The standard InChI is InChI=1S/C27H30ClN3O3/c1-33-22-8-6-7-21(19-22)26(24-10-4-5-14-29-24)30-27(32)20-12-15-31(16-13-20)17-18-34-25-11-3-2-9-23(25)28/h2-11,14,19-20,26H,12-13,15-18H2,1H3,(H,30,32).